The Bertz CT molecular complexity index is 712. The van der Waals surface area contributed by atoms with Gasteiger partial charge in [-0.2, -0.15) is 0 Å². The first kappa shape index (κ1) is 29.0. The summed E-state index contributed by atoms with van der Waals surface area (Å²) in [5.74, 6) is 0. The molecule has 0 unspecified atom stereocenters. The molecule has 2 heterocycles. The van der Waals surface area contributed by atoms with Crippen molar-refractivity contribution in [2.75, 3.05) is 6.61 Å². The van der Waals surface area contributed by atoms with Crippen molar-refractivity contribution in [1.29, 1.82) is 0 Å². The lowest BCUT2D eigenvalue weighted by atomic mass is 9.89. The zero-order valence-electron chi connectivity index (χ0n) is 21.2. The van der Waals surface area contributed by atoms with Crippen LogP contribution in [-0.4, -0.2) is 49.7 Å². The Balaban J connectivity index is 1.53. The Morgan fingerprint density at radius 1 is 0.882 bits per heavy atom. The summed E-state index contributed by atoms with van der Waals surface area (Å²) in [4.78, 5) is 17.6. The van der Waals surface area contributed by atoms with Gasteiger partial charge in [0, 0.05) is 6.20 Å². The Hall–Kier alpha value is -1.28. The van der Waals surface area contributed by atoms with Crippen molar-refractivity contribution < 1.29 is 20.1 Å². The van der Waals surface area contributed by atoms with E-state index in [4.69, 9.17) is 4.74 Å². The third kappa shape index (κ3) is 9.40. The lowest BCUT2D eigenvalue weighted by Crippen LogP contribution is -2.46. The minimum Gasteiger partial charge on any atom is -0.393 e. The van der Waals surface area contributed by atoms with Crippen LogP contribution in [0.3, 0.4) is 0 Å². The Morgan fingerprint density at radius 3 is 1.85 bits per heavy atom. The molecule has 1 aromatic heterocycles. The molecule has 0 radical (unpaired) electrons. The number of hydrogen-bond donors (Lipinski definition) is 4. The van der Waals surface area contributed by atoms with Crippen LogP contribution in [-0.2, 0) is 4.74 Å². The highest BCUT2D eigenvalue weighted by molar-refractivity contribution is 5.13. The number of aliphatic hydroxyl groups excluding tert-OH is 3. The SMILES string of the molecule is CCCCCCCCCCCCCCCCCC[C@]1(CO)O[C@@H](c2ccnc(=O)[nH]2)[C@@H](O)[C@@H]1O. The van der Waals surface area contributed by atoms with E-state index in [9.17, 15) is 20.1 Å². The lowest BCUT2D eigenvalue weighted by Gasteiger charge is -2.30. The summed E-state index contributed by atoms with van der Waals surface area (Å²) >= 11 is 0. The third-order valence-electron chi connectivity index (χ3n) is 7.26. The van der Waals surface area contributed by atoms with E-state index < -0.39 is 29.6 Å². The molecule has 0 aliphatic carbocycles. The molecular formula is C27H48N2O5. The van der Waals surface area contributed by atoms with Crippen molar-refractivity contribution in [3.05, 3.63) is 28.4 Å². The molecule has 1 fully saturated rings. The predicted molar refractivity (Wildman–Crippen MR) is 135 cm³/mol. The zero-order valence-corrected chi connectivity index (χ0v) is 21.2. The fourth-order valence-corrected chi connectivity index (χ4v) is 5.05. The zero-order chi connectivity index (χ0) is 24.7. The first-order valence-electron chi connectivity index (χ1n) is 13.7. The van der Waals surface area contributed by atoms with Crippen molar-refractivity contribution in [2.24, 2.45) is 0 Å². The van der Waals surface area contributed by atoms with E-state index in [1.807, 2.05) is 0 Å². The number of H-pyrrole nitrogens is 1. The fraction of sp³-hybridized carbons (Fsp3) is 0.852. The molecule has 0 aromatic carbocycles. The highest BCUT2D eigenvalue weighted by Crippen LogP contribution is 2.42. The minimum absolute atomic E-state index is 0.355. The van der Waals surface area contributed by atoms with Crippen LogP contribution in [0.15, 0.2) is 17.1 Å². The first-order chi connectivity index (χ1) is 16.5. The number of rotatable bonds is 19. The summed E-state index contributed by atoms with van der Waals surface area (Å²) in [5, 5.41) is 31.0. The van der Waals surface area contributed by atoms with E-state index in [1.165, 1.54) is 89.7 Å². The molecule has 7 heteroatoms. The van der Waals surface area contributed by atoms with Crippen molar-refractivity contribution in [3.8, 4) is 0 Å². The van der Waals surface area contributed by atoms with Crippen LogP contribution in [0.1, 0.15) is 128 Å². The molecule has 2 rings (SSSR count). The highest BCUT2D eigenvalue weighted by atomic mass is 16.6. The van der Waals surface area contributed by atoms with Crippen LogP contribution < -0.4 is 5.69 Å². The van der Waals surface area contributed by atoms with Gasteiger partial charge in [-0.25, -0.2) is 9.78 Å². The Morgan fingerprint density at radius 2 is 1.38 bits per heavy atom. The van der Waals surface area contributed by atoms with Gasteiger partial charge in [-0.15, -0.1) is 0 Å². The van der Waals surface area contributed by atoms with Crippen molar-refractivity contribution >= 4 is 0 Å². The maximum absolute atomic E-state index is 11.5. The van der Waals surface area contributed by atoms with E-state index in [0.29, 0.717) is 12.1 Å². The average Bonchev–Trinajstić information content (AvgIpc) is 3.09. The van der Waals surface area contributed by atoms with E-state index in [0.717, 1.165) is 19.3 Å². The molecule has 4 N–H and O–H groups in total. The summed E-state index contributed by atoms with van der Waals surface area (Å²) in [6.45, 7) is 1.88. The molecular weight excluding hydrogens is 432 g/mol. The van der Waals surface area contributed by atoms with Crippen molar-refractivity contribution in [1.82, 2.24) is 9.97 Å². The maximum Gasteiger partial charge on any atom is 0.345 e. The molecule has 1 saturated heterocycles. The molecule has 0 amide bonds. The quantitative estimate of drug-likeness (QED) is 0.208. The van der Waals surface area contributed by atoms with Gasteiger partial charge in [0.1, 0.15) is 23.9 Å². The monoisotopic (exact) mass is 480 g/mol. The van der Waals surface area contributed by atoms with E-state index >= 15 is 0 Å². The Labute approximate surface area is 205 Å². The summed E-state index contributed by atoms with van der Waals surface area (Å²) in [6.07, 6.45) is 19.0. The molecule has 1 aliphatic heterocycles. The topological polar surface area (TPSA) is 116 Å². The van der Waals surface area contributed by atoms with Crippen LogP contribution in [0.5, 0.6) is 0 Å². The Kier molecular flexibility index (Phi) is 14.0. The molecule has 34 heavy (non-hydrogen) atoms. The summed E-state index contributed by atoms with van der Waals surface area (Å²) in [5.41, 5.74) is -1.39. The molecule has 0 spiro atoms. The van der Waals surface area contributed by atoms with E-state index in [1.54, 1.807) is 6.07 Å². The largest absolute Gasteiger partial charge is 0.393 e. The molecule has 4 atom stereocenters. The number of aliphatic hydroxyl groups is 3. The molecule has 0 bridgehead atoms. The molecule has 7 nitrogen and oxygen atoms in total. The average molecular weight is 481 g/mol. The molecule has 0 saturated carbocycles. The maximum atomic E-state index is 11.5. The van der Waals surface area contributed by atoms with Crippen molar-refractivity contribution in [2.45, 2.75) is 140 Å². The lowest BCUT2D eigenvalue weighted by molar-refractivity contribution is -0.118. The number of nitrogens with one attached hydrogen (secondary N) is 1. The van der Waals surface area contributed by atoms with Crippen LogP contribution >= 0.6 is 0 Å². The number of ether oxygens (including phenoxy) is 1. The second-order valence-corrected chi connectivity index (χ2v) is 10.1. The van der Waals surface area contributed by atoms with Crippen LogP contribution in [0.4, 0.5) is 0 Å². The van der Waals surface area contributed by atoms with E-state index in [2.05, 4.69) is 16.9 Å². The second-order valence-electron chi connectivity index (χ2n) is 10.1. The van der Waals surface area contributed by atoms with Gasteiger partial charge in [-0.05, 0) is 12.5 Å². The van der Waals surface area contributed by atoms with Crippen LogP contribution in [0, 0.1) is 0 Å². The van der Waals surface area contributed by atoms with Gasteiger partial charge in [0.2, 0.25) is 0 Å². The van der Waals surface area contributed by atoms with Gasteiger partial charge in [0.15, 0.2) is 0 Å². The molecule has 1 aliphatic rings. The standard InChI is InChI=1S/C27H48N2O5/c1-2-3-4-5-6-7-8-9-10-11-12-13-14-15-16-17-19-27(21-30)25(32)23(31)24(34-27)22-18-20-28-26(33)29-22/h18,20,23-25,30-32H,2-17,19,21H2,1H3,(H,28,29,33)/t23-,24+,25+,27-/m1/s1. The summed E-state index contributed by atoms with van der Waals surface area (Å²) in [7, 11) is 0. The smallest absolute Gasteiger partial charge is 0.345 e. The summed E-state index contributed by atoms with van der Waals surface area (Å²) in [6, 6.07) is 1.55. The van der Waals surface area contributed by atoms with Gasteiger partial charge in [-0.3, -0.25) is 0 Å². The van der Waals surface area contributed by atoms with Gasteiger partial charge in [0.05, 0.1) is 12.3 Å². The van der Waals surface area contributed by atoms with Crippen molar-refractivity contribution in [3.63, 3.8) is 0 Å². The fourth-order valence-electron chi connectivity index (χ4n) is 5.05. The van der Waals surface area contributed by atoms with Crippen LogP contribution in [0.25, 0.3) is 0 Å². The van der Waals surface area contributed by atoms with E-state index in [-0.39, 0.29) is 6.61 Å². The number of hydrogen-bond acceptors (Lipinski definition) is 6. The van der Waals surface area contributed by atoms with Gasteiger partial charge >= 0.3 is 5.69 Å². The second kappa shape index (κ2) is 16.4. The normalized spacial score (nSPS) is 24.6. The van der Waals surface area contributed by atoms with Gasteiger partial charge in [-0.1, -0.05) is 110 Å². The molecule has 196 valence electrons. The number of aromatic amines is 1. The summed E-state index contributed by atoms with van der Waals surface area (Å²) < 4.78 is 5.94. The van der Waals surface area contributed by atoms with Gasteiger partial charge < -0.3 is 25.0 Å². The number of nitrogens with zero attached hydrogens (tertiary/aromatic N) is 1. The highest BCUT2D eigenvalue weighted by Gasteiger charge is 2.54. The van der Waals surface area contributed by atoms with Gasteiger partial charge in [0.25, 0.3) is 0 Å². The third-order valence-corrected chi connectivity index (χ3v) is 7.26. The minimum atomic E-state index is -1.22. The molecule has 1 aromatic rings. The first-order valence-corrected chi connectivity index (χ1v) is 13.7. The number of unbranched alkanes of at least 4 members (excludes halogenated alkanes) is 15. The number of aromatic nitrogens is 2. The predicted octanol–water partition coefficient (Wildman–Crippen LogP) is 4.95. The van der Waals surface area contributed by atoms with Crippen LogP contribution in [0.2, 0.25) is 0 Å².